The fourth-order valence-corrected chi connectivity index (χ4v) is 1.18. The summed E-state index contributed by atoms with van der Waals surface area (Å²) >= 11 is 0. The van der Waals surface area contributed by atoms with Gasteiger partial charge in [0, 0.05) is 14.2 Å². The van der Waals surface area contributed by atoms with Crippen LogP contribution in [0.1, 0.15) is 0 Å². The van der Waals surface area contributed by atoms with Crippen LogP contribution >= 0.6 is 0 Å². The molecule has 74 valence electrons. The third-order valence-corrected chi connectivity index (χ3v) is 1.73. The summed E-state index contributed by atoms with van der Waals surface area (Å²) in [6.07, 6.45) is 0. The van der Waals surface area contributed by atoms with Crippen LogP contribution in [0.25, 0.3) is 10.8 Å². The maximum atomic E-state index is 9.13. The Kier molecular flexibility index (Phi) is 3.95. The van der Waals surface area contributed by atoms with E-state index in [-0.39, 0.29) is 0 Å². The number of phenolic OH excluding ortho intramolecular Hbond substituents is 1. The molecule has 0 heterocycles. The van der Waals surface area contributed by atoms with Crippen molar-refractivity contribution in [2.45, 2.75) is 0 Å². The molecule has 2 aromatic carbocycles. The molecule has 0 atom stereocenters. The van der Waals surface area contributed by atoms with Crippen molar-refractivity contribution in [3.8, 4) is 5.75 Å². The number of aromatic hydroxyl groups is 1. The van der Waals surface area contributed by atoms with E-state index in [2.05, 4.69) is 4.74 Å². The average molecular weight is 190 g/mol. The number of phenols is 1. The van der Waals surface area contributed by atoms with Crippen LogP contribution in [0.4, 0.5) is 0 Å². The minimum Gasteiger partial charge on any atom is -0.508 e. The van der Waals surface area contributed by atoms with Gasteiger partial charge in [-0.15, -0.1) is 0 Å². The molecule has 0 aliphatic carbocycles. The van der Waals surface area contributed by atoms with Crippen molar-refractivity contribution >= 4 is 10.8 Å². The lowest BCUT2D eigenvalue weighted by Gasteiger charge is -1.96. The van der Waals surface area contributed by atoms with Gasteiger partial charge >= 0.3 is 0 Å². The van der Waals surface area contributed by atoms with Crippen LogP contribution in [0.3, 0.4) is 0 Å². The lowest BCUT2D eigenvalue weighted by Crippen LogP contribution is -1.69. The third-order valence-electron chi connectivity index (χ3n) is 1.73. The summed E-state index contributed by atoms with van der Waals surface area (Å²) in [5.41, 5.74) is 0. The Bertz CT molecular complexity index is 396. The molecule has 0 fully saturated rings. The molecule has 2 rings (SSSR count). The molecule has 0 amide bonds. The molecule has 0 spiro atoms. The Labute approximate surface area is 83.8 Å². The van der Waals surface area contributed by atoms with Gasteiger partial charge < -0.3 is 9.84 Å². The molecule has 0 unspecified atom stereocenters. The van der Waals surface area contributed by atoms with Crippen LogP contribution in [-0.4, -0.2) is 19.3 Å². The predicted molar refractivity (Wildman–Crippen MR) is 58.5 cm³/mol. The zero-order valence-corrected chi connectivity index (χ0v) is 8.40. The van der Waals surface area contributed by atoms with Crippen molar-refractivity contribution in [1.29, 1.82) is 0 Å². The van der Waals surface area contributed by atoms with Crippen molar-refractivity contribution in [1.82, 2.24) is 0 Å². The minimum atomic E-state index is 0.323. The van der Waals surface area contributed by atoms with E-state index in [0.717, 1.165) is 10.8 Å². The molecule has 1 N–H and O–H groups in total. The summed E-state index contributed by atoms with van der Waals surface area (Å²) in [6.45, 7) is 0. The molecule has 0 aliphatic heterocycles. The van der Waals surface area contributed by atoms with Crippen LogP contribution in [0.2, 0.25) is 0 Å². The summed E-state index contributed by atoms with van der Waals surface area (Å²) in [6, 6.07) is 13.3. The van der Waals surface area contributed by atoms with Gasteiger partial charge in [-0.1, -0.05) is 30.3 Å². The lowest BCUT2D eigenvalue weighted by molar-refractivity contribution is 0.277. The van der Waals surface area contributed by atoms with Crippen molar-refractivity contribution in [2.75, 3.05) is 14.2 Å². The highest BCUT2D eigenvalue weighted by molar-refractivity contribution is 5.83. The van der Waals surface area contributed by atoms with Gasteiger partial charge in [-0.2, -0.15) is 0 Å². The SMILES string of the molecule is COC.Oc1ccc2ccccc2c1. The summed E-state index contributed by atoms with van der Waals surface area (Å²) in [4.78, 5) is 0. The number of ether oxygens (including phenoxy) is 1. The Hall–Kier alpha value is -1.54. The quantitative estimate of drug-likeness (QED) is 0.692. The number of fused-ring (bicyclic) bond motifs is 1. The van der Waals surface area contributed by atoms with Crippen molar-refractivity contribution in [3.05, 3.63) is 42.5 Å². The van der Waals surface area contributed by atoms with Crippen molar-refractivity contribution in [2.24, 2.45) is 0 Å². The van der Waals surface area contributed by atoms with Crippen LogP contribution < -0.4 is 0 Å². The van der Waals surface area contributed by atoms with Crippen LogP contribution in [0.5, 0.6) is 5.75 Å². The topological polar surface area (TPSA) is 29.5 Å². The molecule has 0 bridgehead atoms. The van der Waals surface area contributed by atoms with Gasteiger partial charge in [0.2, 0.25) is 0 Å². The standard InChI is InChI=1S/C10H8O.C2H6O/c11-10-6-5-8-3-1-2-4-9(8)7-10;1-3-2/h1-7,11H;1-2H3. The van der Waals surface area contributed by atoms with Crippen molar-refractivity contribution in [3.63, 3.8) is 0 Å². The van der Waals surface area contributed by atoms with Gasteiger partial charge in [-0.05, 0) is 22.9 Å². The molecule has 0 radical (unpaired) electrons. The zero-order chi connectivity index (χ0) is 10.4. The highest BCUT2D eigenvalue weighted by Gasteiger charge is 1.91. The Balaban J connectivity index is 0.000000293. The first-order valence-corrected chi connectivity index (χ1v) is 4.36. The van der Waals surface area contributed by atoms with E-state index in [1.165, 1.54) is 0 Å². The number of rotatable bonds is 0. The summed E-state index contributed by atoms with van der Waals surface area (Å²) in [5, 5.41) is 11.4. The highest BCUT2D eigenvalue weighted by Crippen LogP contribution is 2.18. The first-order valence-electron chi connectivity index (χ1n) is 4.36. The number of hydrogen-bond acceptors (Lipinski definition) is 2. The molecule has 0 saturated carbocycles. The van der Waals surface area contributed by atoms with Gasteiger partial charge in [0.05, 0.1) is 0 Å². The van der Waals surface area contributed by atoms with E-state index >= 15 is 0 Å². The van der Waals surface area contributed by atoms with E-state index in [9.17, 15) is 0 Å². The van der Waals surface area contributed by atoms with E-state index in [4.69, 9.17) is 5.11 Å². The molecule has 0 aromatic heterocycles. The lowest BCUT2D eigenvalue weighted by atomic mass is 10.1. The summed E-state index contributed by atoms with van der Waals surface area (Å²) in [5.74, 6) is 0.323. The fraction of sp³-hybridized carbons (Fsp3) is 0.167. The first kappa shape index (κ1) is 10.5. The third kappa shape index (κ3) is 2.75. The minimum absolute atomic E-state index is 0.323. The van der Waals surface area contributed by atoms with Crippen molar-refractivity contribution < 1.29 is 9.84 Å². The molecule has 14 heavy (non-hydrogen) atoms. The maximum absolute atomic E-state index is 9.13. The molecular formula is C12H14O2. The van der Waals surface area contributed by atoms with E-state index in [1.807, 2.05) is 30.3 Å². The monoisotopic (exact) mass is 190 g/mol. The van der Waals surface area contributed by atoms with E-state index < -0.39 is 0 Å². The van der Waals surface area contributed by atoms with Gasteiger partial charge in [0.15, 0.2) is 0 Å². The molecule has 0 aliphatic rings. The Morgan fingerprint density at radius 2 is 1.50 bits per heavy atom. The average Bonchev–Trinajstić information content (AvgIpc) is 2.19. The normalized spacial score (nSPS) is 9.29. The number of hydrogen-bond donors (Lipinski definition) is 1. The highest BCUT2D eigenvalue weighted by atomic mass is 16.4. The Morgan fingerprint density at radius 1 is 0.929 bits per heavy atom. The van der Waals surface area contributed by atoms with Crippen LogP contribution in [0, 0.1) is 0 Å². The predicted octanol–water partition coefficient (Wildman–Crippen LogP) is 2.81. The van der Waals surface area contributed by atoms with Gasteiger partial charge in [-0.3, -0.25) is 0 Å². The van der Waals surface area contributed by atoms with Gasteiger partial charge in [-0.25, -0.2) is 0 Å². The first-order chi connectivity index (χ1) is 6.77. The molecular weight excluding hydrogens is 176 g/mol. The van der Waals surface area contributed by atoms with Gasteiger partial charge in [0.25, 0.3) is 0 Å². The fourth-order valence-electron chi connectivity index (χ4n) is 1.18. The summed E-state index contributed by atoms with van der Waals surface area (Å²) < 4.78 is 4.25. The Morgan fingerprint density at radius 3 is 2.14 bits per heavy atom. The second-order valence-electron chi connectivity index (χ2n) is 2.94. The van der Waals surface area contributed by atoms with Gasteiger partial charge in [0.1, 0.15) is 5.75 Å². The van der Waals surface area contributed by atoms with Crippen LogP contribution in [-0.2, 0) is 4.74 Å². The van der Waals surface area contributed by atoms with Crippen LogP contribution in [0.15, 0.2) is 42.5 Å². The maximum Gasteiger partial charge on any atom is 0.116 e. The van der Waals surface area contributed by atoms with E-state index in [0.29, 0.717) is 5.75 Å². The molecule has 2 nitrogen and oxygen atoms in total. The number of benzene rings is 2. The second-order valence-corrected chi connectivity index (χ2v) is 2.94. The molecule has 2 heteroatoms. The molecule has 0 saturated heterocycles. The number of methoxy groups -OCH3 is 1. The zero-order valence-electron chi connectivity index (χ0n) is 8.40. The smallest absolute Gasteiger partial charge is 0.116 e. The summed E-state index contributed by atoms with van der Waals surface area (Å²) in [7, 11) is 3.25. The largest absolute Gasteiger partial charge is 0.508 e. The molecule has 2 aromatic rings. The second kappa shape index (κ2) is 5.25. The van der Waals surface area contributed by atoms with E-state index in [1.54, 1.807) is 26.4 Å².